The molecule has 7 heteroatoms. The average molecular weight is 321 g/mol. The highest BCUT2D eigenvalue weighted by Gasteiger charge is 2.47. The summed E-state index contributed by atoms with van der Waals surface area (Å²) in [7, 11) is 0. The third-order valence-electron chi connectivity index (χ3n) is 3.52. The van der Waals surface area contributed by atoms with Crippen molar-refractivity contribution in [3.05, 3.63) is 30.1 Å². The van der Waals surface area contributed by atoms with Crippen molar-refractivity contribution in [1.82, 2.24) is 15.2 Å². The van der Waals surface area contributed by atoms with Crippen molar-refractivity contribution in [3.63, 3.8) is 0 Å². The Balaban J connectivity index is 1.94. The molecule has 2 heterocycles. The highest BCUT2D eigenvalue weighted by molar-refractivity contribution is 5.73. The molecule has 1 aliphatic heterocycles. The zero-order valence-corrected chi connectivity index (χ0v) is 13.7. The van der Waals surface area contributed by atoms with Crippen LogP contribution in [0.3, 0.4) is 0 Å². The number of carboxylic acid groups (broad SMARTS) is 1. The number of hydrogen-bond donors (Lipinski definition) is 2. The monoisotopic (exact) mass is 321 g/mol. The van der Waals surface area contributed by atoms with Gasteiger partial charge < -0.3 is 20.1 Å². The highest BCUT2D eigenvalue weighted by atomic mass is 16.6. The average Bonchev–Trinajstić information content (AvgIpc) is 2.39. The molecule has 1 amide bonds. The van der Waals surface area contributed by atoms with Gasteiger partial charge in [0.05, 0.1) is 12.0 Å². The van der Waals surface area contributed by atoms with E-state index in [0.717, 1.165) is 5.56 Å². The van der Waals surface area contributed by atoms with Gasteiger partial charge in [-0.25, -0.2) is 4.79 Å². The molecule has 0 radical (unpaired) electrons. The molecule has 1 aliphatic rings. The van der Waals surface area contributed by atoms with Crippen LogP contribution in [-0.2, 0) is 16.1 Å². The quantitative estimate of drug-likeness (QED) is 0.856. The number of rotatable bonds is 5. The fourth-order valence-electron chi connectivity index (χ4n) is 2.51. The summed E-state index contributed by atoms with van der Waals surface area (Å²) in [5.41, 5.74) is -0.225. The maximum Gasteiger partial charge on any atom is 0.410 e. The number of likely N-dealkylation sites (tertiary alicyclic amines) is 1. The van der Waals surface area contributed by atoms with E-state index in [9.17, 15) is 9.59 Å². The third-order valence-corrected chi connectivity index (χ3v) is 3.52. The summed E-state index contributed by atoms with van der Waals surface area (Å²) in [4.78, 5) is 28.7. The second kappa shape index (κ2) is 6.54. The van der Waals surface area contributed by atoms with Crippen molar-refractivity contribution in [2.45, 2.75) is 44.9 Å². The molecular formula is C16H23N3O4. The number of carbonyl (C=O) groups excluding carboxylic acids is 1. The van der Waals surface area contributed by atoms with Gasteiger partial charge in [0.2, 0.25) is 0 Å². The number of pyridine rings is 1. The summed E-state index contributed by atoms with van der Waals surface area (Å²) in [5.74, 6) is -0.896. The molecule has 0 aromatic carbocycles. The summed E-state index contributed by atoms with van der Waals surface area (Å²) in [5, 5.41) is 12.4. The summed E-state index contributed by atoms with van der Waals surface area (Å²) in [6.45, 7) is 6.54. The van der Waals surface area contributed by atoms with Crippen molar-refractivity contribution in [2.75, 3.05) is 13.1 Å². The number of amides is 1. The molecule has 1 aromatic rings. The van der Waals surface area contributed by atoms with Crippen LogP contribution in [0.2, 0.25) is 0 Å². The second-order valence-electron chi connectivity index (χ2n) is 6.90. The van der Waals surface area contributed by atoms with Crippen LogP contribution in [0.5, 0.6) is 0 Å². The van der Waals surface area contributed by atoms with Crippen molar-refractivity contribution >= 4 is 12.1 Å². The molecule has 1 saturated heterocycles. The van der Waals surface area contributed by atoms with E-state index < -0.39 is 23.2 Å². The largest absolute Gasteiger partial charge is 0.481 e. The molecule has 23 heavy (non-hydrogen) atoms. The van der Waals surface area contributed by atoms with Crippen LogP contribution in [0, 0.1) is 0 Å². The van der Waals surface area contributed by atoms with E-state index in [1.165, 1.54) is 4.90 Å². The number of nitrogens with zero attached hydrogens (tertiary/aromatic N) is 2. The van der Waals surface area contributed by atoms with Gasteiger partial charge in [0, 0.05) is 32.0 Å². The summed E-state index contributed by atoms with van der Waals surface area (Å²) in [6.07, 6.45) is 2.95. The number of aliphatic carboxylic acids is 1. The third kappa shape index (κ3) is 4.92. The lowest BCUT2D eigenvalue weighted by Gasteiger charge is -2.49. The van der Waals surface area contributed by atoms with Crippen molar-refractivity contribution in [3.8, 4) is 0 Å². The molecule has 7 nitrogen and oxygen atoms in total. The van der Waals surface area contributed by atoms with Crippen molar-refractivity contribution in [2.24, 2.45) is 0 Å². The number of nitrogens with one attached hydrogen (secondary N) is 1. The van der Waals surface area contributed by atoms with Gasteiger partial charge >= 0.3 is 12.1 Å². The van der Waals surface area contributed by atoms with E-state index in [0.29, 0.717) is 19.6 Å². The fourth-order valence-corrected chi connectivity index (χ4v) is 2.51. The number of carboxylic acids is 1. The molecule has 0 spiro atoms. The van der Waals surface area contributed by atoms with E-state index in [2.05, 4.69) is 10.3 Å². The Morgan fingerprint density at radius 1 is 1.43 bits per heavy atom. The van der Waals surface area contributed by atoms with Gasteiger partial charge in [0.25, 0.3) is 0 Å². The zero-order valence-electron chi connectivity index (χ0n) is 13.7. The Labute approximate surface area is 135 Å². The first kappa shape index (κ1) is 17.2. The maximum absolute atomic E-state index is 12.0. The van der Waals surface area contributed by atoms with Crippen molar-refractivity contribution in [1.29, 1.82) is 0 Å². The Bertz CT molecular complexity index is 562. The standard InChI is InChI=1S/C16H23N3O4/c1-15(2,3)23-14(22)19-10-16(11-19,7-13(20)21)18-9-12-5-4-6-17-8-12/h4-6,8,18H,7,9-11H2,1-3H3,(H,20,21). The molecule has 1 fully saturated rings. The van der Waals surface area contributed by atoms with E-state index in [1.807, 2.05) is 12.1 Å². The molecule has 1 aromatic heterocycles. The minimum absolute atomic E-state index is 0.0490. The van der Waals surface area contributed by atoms with E-state index in [-0.39, 0.29) is 6.42 Å². The summed E-state index contributed by atoms with van der Waals surface area (Å²) in [6, 6.07) is 3.74. The minimum atomic E-state index is -0.896. The maximum atomic E-state index is 12.0. The predicted octanol–water partition coefficient (Wildman–Crippen LogP) is 1.64. The first-order valence-electron chi connectivity index (χ1n) is 7.53. The SMILES string of the molecule is CC(C)(C)OC(=O)N1CC(CC(=O)O)(NCc2cccnc2)C1. The molecule has 0 aliphatic carbocycles. The predicted molar refractivity (Wildman–Crippen MR) is 83.9 cm³/mol. The molecule has 2 rings (SSSR count). The minimum Gasteiger partial charge on any atom is -0.481 e. The van der Waals surface area contributed by atoms with Gasteiger partial charge in [-0.1, -0.05) is 6.07 Å². The zero-order chi connectivity index (χ0) is 17.1. The van der Waals surface area contributed by atoms with Crippen LogP contribution in [0.25, 0.3) is 0 Å². The number of hydrogen-bond acceptors (Lipinski definition) is 5. The molecule has 0 saturated carbocycles. The van der Waals surface area contributed by atoms with Gasteiger partial charge in [-0.3, -0.25) is 9.78 Å². The molecule has 0 bridgehead atoms. The van der Waals surface area contributed by atoms with Crippen LogP contribution in [0.1, 0.15) is 32.8 Å². The first-order valence-corrected chi connectivity index (χ1v) is 7.53. The summed E-state index contributed by atoms with van der Waals surface area (Å²) >= 11 is 0. The van der Waals surface area contributed by atoms with Crippen LogP contribution in [0.4, 0.5) is 4.79 Å². The van der Waals surface area contributed by atoms with E-state index in [1.54, 1.807) is 33.2 Å². The molecule has 126 valence electrons. The van der Waals surface area contributed by atoms with Crippen LogP contribution < -0.4 is 5.32 Å². The Morgan fingerprint density at radius 2 is 2.13 bits per heavy atom. The van der Waals surface area contributed by atoms with Crippen LogP contribution in [0.15, 0.2) is 24.5 Å². The van der Waals surface area contributed by atoms with Crippen LogP contribution in [-0.4, -0.2) is 51.3 Å². The molecule has 2 N–H and O–H groups in total. The topological polar surface area (TPSA) is 91.8 Å². The fraction of sp³-hybridized carbons (Fsp3) is 0.562. The van der Waals surface area contributed by atoms with Crippen molar-refractivity contribution < 1.29 is 19.4 Å². The second-order valence-corrected chi connectivity index (χ2v) is 6.90. The van der Waals surface area contributed by atoms with E-state index in [4.69, 9.17) is 9.84 Å². The number of carbonyl (C=O) groups is 2. The lowest BCUT2D eigenvalue weighted by molar-refractivity contribution is -0.141. The van der Waals surface area contributed by atoms with Gasteiger partial charge in [0.1, 0.15) is 5.60 Å². The number of ether oxygens (including phenoxy) is 1. The van der Waals surface area contributed by atoms with E-state index >= 15 is 0 Å². The smallest absolute Gasteiger partial charge is 0.410 e. The lowest BCUT2D eigenvalue weighted by Crippen LogP contribution is -2.71. The first-order chi connectivity index (χ1) is 10.7. The highest BCUT2D eigenvalue weighted by Crippen LogP contribution is 2.27. The van der Waals surface area contributed by atoms with Gasteiger partial charge in [-0.15, -0.1) is 0 Å². The molecule has 0 unspecified atom stereocenters. The Morgan fingerprint density at radius 3 is 2.65 bits per heavy atom. The normalized spacial score (nSPS) is 16.6. The van der Waals surface area contributed by atoms with Gasteiger partial charge in [-0.2, -0.15) is 0 Å². The molecule has 0 atom stereocenters. The number of aromatic nitrogens is 1. The molecular weight excluding hydrogens is 298 g/mol. The Hall–Kier alpha value is -2.15. The van der Waals surface area contributed by atoms with Crippen LogP contribution >= 0.6 is 0 Å². The van der Waals surface area contributed by atoms with Gasteiger partial charge in [-0.05, 0) is 32.4 Å². The summed E-state index contributed by atoms with van der Waals surface area (Å²) < 4.78 is 5.30. The lowest BCUT2D eigenvalue weighted by atomic mass is 9.86. The Kier molecular flexibility index (Phi) is 4.89. The van der Waals surface area contributed by atoms with Gasteiger partial charge in [0.15, 0.2) is 0 Å².